The molecule has 0 radical (unpaired) electrons. The van der Waals surface area contributed by atoms with Gasteiger partial charge in [-0.1, -0.05) is 45.4 Å². The molecule has 2 aromatic rings. The predicted molar refractivity (Wildman–Crippen MR) is 84.4 cm³/mol. The van der Waals surface area contributed by atoms with Gasteiger partial charge in [-0.25, -0.2) is 4.68 Å². The lowest BCUT2D eigenvalue weighted by atomic mass is 10.1. The van der Waals surface area contributed by atoms with Crippen LogP contribution in [0.2, 0.25) is 0 Å². The van der Waals surface area contributed by atoms with Crippen LogP contribution >= 0.6 is 0 Å². The Morgan fingerprint density at radius 3 is 2.30 bits per heavy atom. The van der Waals surface area contributed by atoms with Gasteiger partial charge in [-0.05, 0) is 25.0 Å². The summed E-state index contributed by atoms with van der Waals surface area (Å²) in [4.78, 5) is 0. The first-order chi connectivity index (χ1) is 9.49. The van der Waals surface area contributed by atoms with Crippen LogP contribution in [-0.2, 0) is 6.54 Å². The molecule has 0 aliphatic carbocycles. The Morgan fingerprint density at radius 2 is 1.75 bits per heavy atom. The van der Waals surface area contributed by atoms with E-state index in [1.54, 1.807) is 0 Å². The normalized spacial score (nSPS) is 11.6. The summed E-state index contributed by atoms with van der Waals surface area (Å²) >= 11 is 0. The molecule has 0 unspecified atom stereocenters. The average Bonchev–Trinajstić information content (AvgIpc) is 2.81. The van der Waals surface area contributed by atoms with Crippen LogP contribution in [0.25, 0.3) is 5.69 Å². The maximum Gasteiger partial charge on any atom is 0.0649 e. The Labute approximate surface area is 122 Å². The van der Waals surface area contributed by atoms with Crippen LogP contribution in [0.1, 0.15) is 50.4 Å². The van der Waals surface area contributed by atoms with Gasteiger partial charge in [-0.3, -0.25) is 0 Å². The summed E-state index contributed by atoms with van der Waals surface area (Å²) in [7, 11) is 0. The summed E-state index contributed by atoms with van der Waals surface area (Å²) in [6, 6.07) is 9.01. The Hall–Kier alpha value is -1.61. The molecule has 1 aromatic carbocycles. The van der Waals surface area contributed by atoms with E-state index in [4.69, 9.17) is 0 Å². The molecule has 1 N–H and O–H groups in total. The van der Waals surface area contributed by atoms with Gasteiger partial charge in [0.1, 0.15) is 0 Å². The molecule has 0 aliphatic heterocycles. The van der Waals surface area contributed by atoms with Crippen LogP contribution in [0.3, 0.4) is 0 Å². The van der Waals surface area contributed by atoms with Gasteiger partial charge in [0.25, 0.3) is 0 Å². The first-order valence-electron chi connectivity index (χ1n) is 7.36. The standard InChI is InChI=1S/C17H25N3/c1-12(2)17-15(10-18-13(3)4)11-19-20(17)16-8-6-14(5)7-9-16/h6-9,11-13,18H,10H2,1-5H3. The number of nitrogens with zero attached hydrogens (tertiary/aromatic N) is 2. The highest BCUT2D eigenvalue weighted by atomic mass is 15.3. The highest BCUT2D eigenvalue weighted by Gasteiger charge is 2.15. The van der Waals surface area contributed by atoms with Crippen molar-refractivity contribution in [2.24, 2.45) is 0 Å². The van der Waals surface area contributed by atoms with Crippen LogP contribution in [0, 0.1) is 6.92 Å². The smallest absolute Gasteiger partial charge is 0.0649 e. The zero-order valence-corrected chi connectivity index (χ0v) is 13.1. The summed E-state index contributed by atoms with van der Waals surface area (Å²) in [5.74, 6) is 0.447. The van der Waals surface area contributed by atoms with E-state index in [1.165, 1.54) is 16.8 Å². The topological polar surface area (TPSA) is 29.9 Å². The fraction of sp³-hybridized carbons (Fsp3) is 0.471. The van der Waals surface area contributed by atoms with Gasteiger partial charge in [0.2, 0.25) is 0 Å². The van der Waals surface area contributed by atoms with Gasteiger partial charge in [0, 0.05) is 18.2 Å². The highest BCUT2D eigenvalue weighted by molar-refractivity contribution is 5.38. The minimum absolute atomic E-state index is 0.447. The van der Waals surface area contributed by atoms with Crippen molar-refractivity contribution in [3.63, 3.8) is 0 Å². The summed E-state index contributed by atoms with van der Waals surface area (Å²) in [5.41, 5.74) is 4.99. The van der Waals surface area contributed by atoms with Gasteiger partial charge in [0.15, 0.2) is 0 Å². The van der Waals surface area contributed by atoms with Crippen molar-refractivity contribution in [2.75, 3.05) is 0 Å². The van der Waals surface area contributed by atoms with Crippen molar-refractivity contribution in [2.45, 2.75) is 53.1 Å². The molecule has 0 fully saturated rings. The van der Waals surface area contributed by atoms with E-state index >= 15 is 0 Å². The van der Waals surface area contributed by atoms with Crippen LogP contribution in [0.15, 0.2) is 30.5 Å². The van der Waals surface area contributed by atoms with Crippen molar-refractivity contribution in [1.82, 2.24) is 15.1 Å². The van der Waals surface area contributed by atoms with Crippen LogP contribution in [0.5, 0.6) is 0 Å². The number of aryl methyl sites for hydroxylation is 1. The molecule has 3 heteroatoms. The highest BCUT2D eigenvalue weighted by Crippen LogP contribution is 2.23. The number of hydrogen-bond acceptors (Lipinski definition) is 2. The number of rotatable bonds is 5. The Morgan fingerprint density at radius 1 is 1.10 bits per heavy atom. The van der Waals surface area contributed by atoms with Crippen LogP contribution < -0.4 is 5.32 Å². The van der Waals surface area contributed by atoms with E-state index in [9.17, 15) is 0 Å². The van der Waals surface area contributed by atoms with E-state index in [2.05, 4.69) is 74.0 Å². The van der Waals surface area contributed by atoms with Crippen molar-refractivity contribution in [3.05, 3.63) is 47.3 Å². The molecule has 0 atom stereocenters. The lowest BCUT2D eigenvalue weighted by Gasteiger charge is -2.14. The lowest BCUT2D eigenvalue weighted by molar-refractivity contribution is 0.582. The molecular formula is C17H25N3. The Kier molecular flexibility index (Phi) is 4.61. The van der Waals surface area contributed by atoms with E-state index in [-0.39, 0.29) is 0 Å². The number of nitrogens with one attached hydrogen (secondary N) is 1. The first-order valence-corrected chi connectivity index (χ1v) is 7.36. The molecule has 0 aliphatic rings. The quantitative estimate of drug-likeness (QED) is 0.896. The Balaban J connectivity index is 2.36. The molecule has 0 amide bonds. The molecule has 0 bridgehead atoms. The van der Waals surface area contributed by atoms with Crippen LogP contribution in [0.4, 0.5) is 0 Å². The molecule has 0 spiro atoms. The summed E-state index contributed by atoms with van der Waals surface area (Å²) < 4.78 is 2.07. The van der Waals surface area contributed by atoms with E-state index < -0.39 is 0 Å². The number of benzene rings is 1. The number of hydrogen-bond donors (Lipinski definition) is 1. The zero-order valence-electron chi connectivity index (χ0n) is 13.1. The first kappa shape index (κ1) is 14.8. The van der Waals surface area contributed by atoms with Gasteiger partial charge in [-0.2, -0.15) is 5.10 Å². The molecule has 0 saturated heterocycles. The van der Waals surface area contributed by atoms with Gasteiger partial charge in [0.05, 0.1) is 17.6 Å². The second-order valence-electron chi connectivity index (χ2n) is 5.99. The molecule has 1 aromatic heterocycles. The monoisotopic (exact) mass is 271 g/mol. The third kappa shape index (κ3) is 3.28. The van der Waals surface area contributed by atoms with E-state index in [1.807, 2.05) is 6.20 Å². The molecule has 1 heterocycles. The van der Waals surface area contributed by atoms with Gasteiger partial charge in [-0.15, -0.1) is 0 Å². The van der Waals surface area contributed by atoms with Crippen molar-refractivity contribution >= 4 is 0 Å². The van der Waals surface area contributed by atoms with Gasteiger partial charge < -0.3 is 5.32 Å². The SMILES string of the molecule is Cc1ccc(-n2ncc(CNC(C)C)c2C(C)C)cc1. The summed E-state index contributed by atoms with van der Waals surface area (Å²) in [6.45, 7) is 11.8. The minimum atomic E-state index is 0.447. The fourth-order valence-corrected chi connectivity index (χ4v) is 2.35. The number of aromatic nitrogens is 2. The predicted octanol–water partition coefficient (Wildman–Crippen LogP) is 3.80. The lowest BCUT2D eigenvalue weighted by Crippen LogP contribution is -2.22. The van der Waals surface area contributed by atoms with Crippen molar-refractivity contribution in [1.29, 1.82) is 0 Å². The fourth-order valence-electron chi connectivity index (χ4n) is 2.35. The van der Waals surface area contributed by atoms with Crippen molar-refractivity contribution in [3.8, 4) is 5.69 Å². The van der Waals surface area contributed by atoms with Crippen LogP contribution in [-0.4, -0.2) is 15.8 Å². The molecular weight excluding hydrogens is 246 g/mol. The molecule has 0 saturated carbocycles. The average molecular weight is 271 g/mol. The molecule has 2 rings (SSSR count). The molecule has 20 heavy (non-hydrogen) atoms. The zero-order chi connectivity index (χ0) is 14.7. The van der Waals surface area contributed by atoms with Crippen molar-refractivity contribution < 1.29 is 0 Å². The summed E-state index contributed by atoms with van der Waals surface area (Å²) in [6.07, 6.45) is 1.99. The molecule has 108 valence electrons. The maximum atomic E-state index is 4.59. The molecule has 3 nitrogen and oxygen atoms in total. The minimum Gasteiger partial charge on any atom is -0.310 e. The second-order valence-corrected chi connectivity index (χ2v) is 5.99. The largest absolute Gasteiger partial charge is 0.310 e. The Bertz CT molecular complexity index is 550. The van der Waals surface area contributed by atoms with Gasteiger partial charge >= 0.3 is 0 Å². The van der Waals surface area contributed by atoms with E-state index in [0.717, 1.165) is 12.2 Å². The second kappa shape index (κ2) is 6.23. The van der Waals surface area contributed by atoms with E-state index in [0.29, 0.717) is 12.0 Å². The maximum absolute atomic E-state index is 4.59. The third-order valence-corrected chi connectivity index (χ3v) is 3.41. The summed E-state index contributed by atoms with van der Waals surface area (Å²) in [5, 5.41) is 8.07. The third-order valence-electron chi connectivity index (χ3n) is 3.41.